The molecule has 0 aromatic carbocycles. The first-order valence-electron chi connectivity index (χ1n) is 4.52. The number of rotatable bonds is 4. The molecule has 0 spiro atoms. The van der Waals surface area contributed by atoms with Crippen LogP contribution in [0, 0.1) is 5.92 Å². The maximum Gasteiger partial charge on any atom is 0.232 e. The summed E-state index contributed by atoms with van der Waals surface area (Å²) in [5, 5.41) is 0. The van der Waals surface area contributed by atoms with Crippen LogP contribution in [0.25, 0.3) is 0 Å². The fourth-order valence-corrected chi connectivity index (χ4v) is 2.19. The van der Waals surface area contributed by atoms with Crippen molar-refractivity contribution in [3.05, 3.63) is 0 Å². The molecule has 0 bridgehead atoms. The van der Waals surface area contributed by atoms with Gasteiger partial charge in [0, 0.05) is 5.92 Å². The summed E-state index contributed by atoms with van der Waals surface area (Å²) < 4.78 is 21.2. The smallest absolute Gasteiger partial charge is 0.232 e. The minimum absolute atomic E-state index is 0.0694. The van der Waals surface area contributed by atoms with E-state index in [0.29, 0.717) is 0 Å². The van der Waals surface area contributed by atoms with Gasteiger partial charge in [-0.3, -0.25) is 9.35 Å². The Balaban J connectivity index is 2.41. The summed E-state index contributed by atoms with van der Waals surface area (Å²) in [5.41, 5.74) is 0. The molecule has 1 rings (SSSR count). The Bertz CT molecular complexity index is 213. The molecule has 0 aliphatic heterocycles. The molecule has 0 aromatic rings. The Morgan fingerprint density at radius 2 is 2.08 bits per heavy atom. The van der Waals surface area contributed by atoms with Gasteiger partial charge >= 0.3 is 0 Å². The summed E-state index contributed by atoms with van der Waals surface area (Å²) >= 11 is -2.09. The van der Waals surface area contributed by atoms with Crippen LogP contribution in [-0.2, 0) is 16.1 Å². The zero-order valence-electron chi connectivity index (χ0n) is 7.66. The normalized spacial score (nSPS) is 22.9. The molecule has 1 aliphatic rings. The highest BCUT2D eigenvalue weighted by Crippen LogP contribution is 2.26. The summed E-state index contributed by atoms with van der Waals surface area (Å²) in [5.74, 6) is 0.172. The van der Waals surface area contributed by atoms with Crippen LogP contribution in [0.1, 0.15) is 32.6 Å². The van der Waals surface area contributed by atoms with E-state index in [2.05, 4.69) is 4.72 Å². The maximum absolute atomic E-state index is 11.6. The highest BCUT2D eigenvalue weighted by Gasteiger charge is 2.27. The van der Waals surface area contributed by atoms with Gasteiger partial charge in [0.1, 0.15) is 0 Å². The van der Waals surface area contributed by atoms with E-state index in [-0.39, 0.29) is 11.7 Å². The van der Waals surface area contributed by atoms with Crippen LogP contribution < -0.4 is 4.72 Å². The predicted molar refractivity (Wildman–Crippen MR) is 50.3 cm³/mol. The zero-order valence-corrected chi connectivity index (χ0v) is 8.47. The molecule has 13 heavy (non-hydrogen) atoms. The average Bonchev–Trinajstić information content (AvgIpc) is 2.53. The highest BCUT2D eigenvalue weighted by atomic mass is 32.2. The van der Waals surface area contributed by atoms with E-state index < -0.39 is 17.3 Å². The molecule has 0 aromatic heterocycles. The van der Waals surface area contributed by atoms with E-state index in [1.807, 2.05) is 0 Å². The molecule has 0 amide bonds. The van der Waals surface area contributed by atoms with Crippen molar-refractivity contribution in [2.75, 3.05) is 0 Å². The third-order valence-corrected chi connectivity index (χ3v) is 3.02. The van der Waals surface area contributed by atoms with Gasteiger partial charge in [-0.05, 0) is 19.8 Å². The first-order valence-corrected chi connectivity index (χ1v) is 5.62. The van der Waals surface area contributed by atoms with E-state index in [0.717, 1.165) is 25.7 Å². The van der Waals surface area contributed by atoms with Gasteiger partial charge in [-0.15, -0.1) is 0 Å². The summed E-state index contributed by atoms with van der Waals surface area (Å²) in [6.45, 7) is 1.63. The van der Waals surface area contributed by atoms with Gasteiger partial charge in [0.25, 0.3) is 0 Å². The van der Waals surface area contributed by atoms with Crippen molar-refractivity contribution in [3.63, 3.8) is 0 Å². The van der Waals surface area contributed by atoms with E-state index >= 15 is 0 Å². The number of carbonyl (C=O) groups is 1. The molecule has 2 atom stereocenters. The first kappa shape index (κ1) is 10.8. The second-order valence-corrected chi connectivity index (χ2v) is 4.21. The molecule has 0 saturated heterocycles. The van der Waals surface area contributed by atoms with Crippen LogP contribution in [0.5, 0.6) is 0 Å². The lowest BCUT2D eigenvalue weighted by Crippen LogP contribution is -2.38. The van der Waals surface area contributed by atoms with Gasteiger partial charge in [-0.1, -0.05) is 12.8 Å². The van der Waals surface area contributed by atoms with Gasteiger partial charge in [-0.2, -0.15) is 0 Å². The van der Waals surface area contributed by atoms with Crippen molar-refractivity contribution in [2.45, 2.75) is 38.6 Å². The van der Waals surface area contributed by atoms with Crippen LogP contribution in [0.4, 0.5) is 0 Å². The summed E-state index contributed by atoms with van der Waals surface area (Å²) in [6, 6.07) is -0.506. The minimum Gasteiger partial charge on any atom is -0.298 e. The number of Topliss-reactive ketones (excluding diaryl/α,β-unsaturated/α-hetero) is 1. The summed E-state index contributed by atoms with van der Waals surface area (Å²) in [4.78, 5) is 11.6. The quantitative estimate of drug-likeness (QED) is 0.669. The Labute approximate surface area is 80.5 Å². The molecule has 4 nitrogen and oxygen atoms in total. The van der Waals surface area contributed by atoms with Gasteiger partial charge < -0.3 is 0 Å². The van der Waals surface area contributed by atoms with E-state index in [1.165, 1.54) is 0 Å². The van der Waals surface area contributed by atoms with E-state index in [1.54, 1.807) is 6.92 Å². The van der Waals surface area contributed by atoms with E-state index in [9.17, 15) is 9.00 Å². The Morgan fingerprint density at radius 3 is 2.54 bits per heavy atom. The molecule has 76 valence electrons. The third kappa shape index (κ3) is 3.17. The largest absolute Gasteiger partial charge is 0.298 e. The van der Waals surface area contributed by atoms with Gasteiger partial charge in [0.05, 0.1) is 6.04 Å². The molecule has 0 heterocycles. The van der Waals surface area contributed by atoms with Crippen LogP contribution in [-0.4, -0.2) is 20.6 Å². The molecular weight excluding hydrogens is 190 g/mol. The van der Waals surface area contributed by atoms with Crippen LogP contribution in [0.3, 0.4) is 0 Å². The molecule has 2 N–H and O–H groups in total. The van der Waals surface area contributed by atoms with Gasteiger partial charge in [0.2, 0.25) is 11.3 Å². The fourth-order valence-electron chi connectivity index (χ4n) is 1.77. The Hall–Kier alpha value is -0.260. The lowest BCUT2D eigenvalue weighted by atomic mass is 9.98. The highest BCUT2D eigenvalue weighted by molar-refractivity contribution is 7.77. The summed E-state index contributed by atoms with van der Waals surface area (Å²) in [7, 11) is 0. The Kier molecular flexibility index (Phi) is 4.02. The third-order valence-electron chi connectivity index (χ3n) is 2.46. The van der Waals surface area contributed by atoms with Crippen LogP contribution >= 0.6 is 0 Å². The van der Waals surface area contributed by atoms with Crippen molar-refractivity contribution in [1.29, 1.82) is 0 Å². The number of hydrogen-bond donors (Lipinski definition) is 2. The molecular formula is C8H15NO3S. The van der Waals surface area contributed by atoms with Crippen molar-refractivity contribution < 1.29 is 13.6 Å². The molecule has 1 aliphatic carbocycles. The molecule has 1 unspecified atom stereocenters. The monoisotopic (exact) mass is 205 g/mol. The fraction of sp³-hybridized carbons (Fsp3) is 0.875. The van der Waals surface area contributed by atoms with Crippen molar-refractivity contribution in [1.82, 2.24) is 4.72 Å². The minimum atomic E-state index is -2.09. The van der Waals surface area contributed by atoms with Crippen molar-refractivity contribution in [3.8, 4) is 0 Å². The van der Waals surface area contributed by atoms with Crippen molar-refractivity contribution in [2.24, 2.45) is 5.92 Å². The number of carbonyl (C=O) groups excluding carboxylic acids is 1. The van der Waals surface area contributed by atoms with E-state index in [4.69, 9.17) is 4.55 Å². The molecule has 0 radical (unpaired) electrons. The standard InChI is InChI=1S/C8H15NO3S/c1-6(9-13(11)12)8(10)7-4-2-3-5-7/h6-7,9H,2-5H2,1H3,(H,11,12)/t6-/m0/s1. The first-order chi connectivity index (χ1) is 6.11. The molecule has 5 heteroatoms. The molecule has 1 saturated carbocycles. The molecule has 1 fully saturated rings. The topological polar surface area (TPSA) is 66.4 Å². The van der Waals surface area contributed by atoms with Crippen molar-refractivity contribution >= 4 is 17.0 Å². The Morgan fingerprint density at radius 1 is 1.54 bits per heavy atom. The number of nitrogens with one attached hydrogen (secondary N) is 1. The average molecular weight is 205 g/mol. The number of hydrogen-bond acceptors (Lipinski definition) is 2. The lowest BCUT2D eigenvalue weighted by molar-refractivity contribution is -0.123. The SMILES string of the molecule is C[C@H](NS(=O)O)C(=O)C1CCCC1. The number of ketones is 1. The maximum atomic E-state index is 11.6. The predicted octanol–water partition coefficient (Wildman–Crippen LogP) is 0.860. The van der Waals surface area contributed by atoms with Gasteiger partial charge in [0.15, 0.2) is 5.78 Å². The second-order valence-electron chi connectivity index (χ2n) is 3.47. The zero-order chi connectivity index (χ0) is 9.84. The van der Waals surface area contributed by atoms with Gasteiger partial charge in [-0.25, -0.2) is 8.93 Å². The lowest BCUT2D eigenvalue weighted by Gasteiger charge is -2.13. The summed E-state index contributed by atoms with van der Waals surface area (Å²) in [6.07, 6.45) is 4.07. The van der Waals surface area contributed by atoms with Crippen LogP contribution in [0.15, 0.2) is 0 Å². The van der Waals surface area contributed by atoms with Crippen LogP contribution in [0.2, 0.25) is 0 Å². The second kappa shape index (κ2) is 4.83.